The molecule has 2 nitrogen and oxygen atoms in total. The molecule has 15 heavy (non-hydrogen) atoms. The fourth-order valence-corrected chi connectivity index (χ4v) is 1.69. The predicted molar refractivity (Wildman–Crippen MR) is 66.2 cm³/mol. The molecule has 0 unspecified atom stereocenters. The third-order valence-corrected chi connectivity index (χ3v) is 2.64. The lowest BCUT2D eigenvalue weighted by Gasteiger charge is -2.05. The fraction of sp³-hybridized carbons (Fsp3) is 0.500. The van der Waals surface area contributed by atoms with Gasteiger partial charge in [-0.05, 0) is 24.6 Å². The number of quaternary nitrogens is 1. The summed E-state index contributed by atoms with van der Waals surface area (Å²) in [4.78, 5) is 0. The number of hydrogen-bond donors (Lipinski definition) is 1. The van der Waals surface area contributed by atoms with Crippen LogP contribution in [0, 0.1) is 0 Å². The van der Waals surface area contributed by atoms with Crippen molar-refractivity contribution in [3.05, 3.63) is 28.7 Å². The summed E-state index contributed by atoms with van der Waals surface area (Å²) in [6, 6.07) is 7.96. The zero-order chi connectivity index (χ0) is 10.9. The second kappa shape index (κ2) is 7.71. The van der Waals surface area contributed by atoms with E-state index in [0.29, 0.717) is 0 Å². The van der Waals surface area contributed by atoms with Gasteiger partial charge in [0.2, 0.25) is 0 Å². The summed E-state index contributed by atoms with van der Waals surface area (Å²) in [6.45, 7) is 5.23. The van der Waals surface area contributed by atoms with E-state index in [1.807, 2.05) is 24.3 Å². The lowest BCUT2D eigenvalue weighted by atomic mass is 10.3. The second-order valence-electron chi connectivity index (χ2n) is 3.53. The van der Waals surface area contributed by atoms with Gasteiger partial charge in [0.05, 0.1) is 6.54 Å². The number of nitrogens with two attached hydrogens (primary N) is 1. The highest BCUT2D eigenvalue weighted by Gasteiger charge is 1.95. The number of halogens is 1. The van der Waals surface area contributed by atoms with Gasteiger partial charge in [-0.25, -0.2) is 0 Å². The topological polar surface area (TPSA) is 25.8 Å². The van der Waals surface area contributed by atoms with Crippen molar-refractivity contribution in [2.45, 2.75) is 19.8 Å². The van der Waals surface area contributed by atoms with E-state index in [1.54, 1.807) is 0 Å². The minimum atomic E-state index is 0.778. The summed E-state index contributed by atoms with van der Waals surface area (Å²) in [5.41, 5.74) is 0. The van der Waals surface area contributed by atoms with E-state index in [9.17, 15) is 0 Å². The average Bonchev–Trinajstić information content (AvgIpc) is 2.23. The molecule has 0 aliphatic heterocycles. The van der Waals surface area contributed by atoms with Gasteiger partial charge in [0.1, 0.15) is 18.9 Å². The maximum Gasteiger partial charge on any atom is 0.137 e. The third kappa shape index (κ3) is 5.80. The molecule has 0 spiro atoms. The smallest absolute Gasteiger partial charge is 0.137 e. The van der Waals surface area contributed by atoms with E-state index < -0.39 is 0 Å². The molecule has 0 aliphatic carbocycles. The molecule has 0 fully saturated rings. The number of unbranched alkanes of at least 4 members (excludes halogenated alkanes) is 1. The summed E-state index contributed by atoms with van der Waals surface area (Å²) < 4.78 is 6.67. The third-order valence-electron chi connectivity index (χ3n) is 2.15. The van der Waals surface area contributed by atoms with E-state index in [0.717, 1.165) is 23.4 Å². The van der Waals surface area contributed by atoms with E-state index in [-0.39, 0.29) is 0 Å². The lowest BCUT2D eigenvalue weighted by molar-refractivity contribution is -0.655. The first-order chi connectivity index (χ1) is 7.33. The highest BCUT2D eigenvalue weighted by molar-refractivity contribution is 9.10. The van der Waals surface area contributed by atoms with Crippen LogP contribution in [0.2, 0.25) is 0 Å². The SMILES string of the molecule is CCCC[NH2+]CCOc1cccc(Br)c1. The van der Waals surface area contributed by atoms with Crippen LogP contribution < -0.4 is 10.1 Å². The van der Waals surface area contributed by atoms with Crippen LogP contribution in [-0.2, 0) is 0 Å². The largest absolute Gasteiger partial charge is 0.488 e. The highest BCUT2D eigenvalue weighted by Crippen LogP contribution is 2.17. The van der Waals surface area contributed by atoms with E-state index in [1.165, 1.54) is 19.4 Å². The second-order valence-corrected chi connectivity index (χ2v) is 4.44. The molecule has 0 amide bonds. The standard InChI is InChI=1S/C12H18BrNO/c1-2-3-7-14-8-9-15-12-6-4-5-11(13)10-12/h4-6,10,14H,2-3,7-9H2,1H3/p+1. The summed E-state index contributed by atoms with van der Waals surface area (Å²) in [5, 5.41) is 2.31. The first kappa shape index (κ1) is 12.5. The van der Waals surface area contributed by atoms with Gasteiger partial charge in [-0.2, -0.15) is 0 Å². The molecule has 0 saturated carbocycles. The Morgan fingerprint density at radius 2 is 2.20 bits per heavy atom. The van der Waals surface area contributed by atoms with Gasteiger partial charge < -0.3 is 10.1 Å². The number of benzene rings is 1. The van der Waals surface area contributed by atoms with Gasteiger partial charge in [-0.1, -0.05) is 35.3 Å². The molecular formula is C12H19BrNO+. The van der Waals surface area contributed by atoms with Crippen molar-refractivity contribution >= 4 is 15.9 Å². The van der Waals surface area contributed by atoms with E-state index in [2.05, 4.69) is 28.2 Å². The normalized spacial score (nSPS) is 10.3. The van der Waals surface area contributed by atoms with Crippen LogP contribution in [0.15, 0.2) is 28.7 Å². The first-order valence-corrected chi connectivity index (χ1v) is 6.32. The van der Waals surface area contributed by atoms with Crippen LogP contribution >= 0.6 is 15.9 Å². The van der Waals surface area contributed by atoms with Gasteiger partial charge in [-0.15, -0.1) is 0 Å². The van der Waals surface area contributed by atoms with Crippen LogP contribution in [0.1, 0.15) is 19.8 Å². The Morgan fingerprint density at radius 3 is 2.93 bits per heavy atom. The van der Waals surface area contributed by atoms with Crippen LogP contribution in [0.3, 0.4) is 0 Å². The summed E-state index contributed by atoms with van der Waals surface area (Å²) >= 11 is 3.42. The van der Waals surface area contributed by atoms with Gasteiger partial charge >= 0.3 is 0 Å². The molecule has 1 aromatic carbocycles. The monoisotopic (exact) mass is 272 g/mol. The quantitative estimate of drug-likeness (QED) is 0.757. The van der Waals surface area contributed by atoms with Crippen molar-refractivity contribution in [3.8, 4) is 5.75 Å². The van der Waals surface area contributed by atoms with Crippen LogP contribution in [0.5, 0.6) is 5.75 Å². The molecule has 2 N–H and O–H groups in total. The fourth-order valence-electron chi connectivity index (χ4n) is 1.31. The maximum absolute atomic E-state index is 5.61. The zero-order valence-corrected chi connectivity index (χ0v) is 10.8. The van der Waals surface area contributed by atoms with Gasteiger partial charge in [0.15, 0.2) is 0 Å². The Bertz CT molecular complexity index is 278. The molecule has 0 aliphatic rings. The van der Waals surface area contributed by atoms with Crippen molar-refractivity contribution in [1.82, 2.24) is 0 Å². The molecule has 0 aromatic heterocycles. The zero-order valence-electron chi connectivity index (χ0n) is 9.21. The van der Waals surface area contributed by atoms with Gasteiger partial charge in [0.25, 0.3) is 0 Å². The Balaban J connectivity index is 2.10. The minimum Gasteiger partial charge on any atom is -0.488 e. The van der Waals surface area contributed by atoms with Crippen molar-refractivity contribution in [2.75, 3.05) is 19.7 Å². The Labute approximate surface area is 100 Å². The lowest BCUT2D eigenvalue weighted by Crippen LogP contribution is -2.85. The van der Waals surface area contributed by atoms with E-state index in [4.69, 9.17) is 4.74 Å². The van der Waals surface area contributed by atoms with Crippen molar-refractivity contribution in [2.24, 2.45) is 0 Å². The molecule has 0 bridgehead atoms. The van der Waals surface area contributed by atoms with Crippen molar-refractivity contribution in [1.29, 1.82) is 0 Å². The van der Waals surface area contributed by atoms with Crippen LogP contribution in [0.25, 0.3) is 0 Å². The highest BCUT2D eigenvalue weighted by atomic mass is 79.9. The summed E-state index contributed by atoms with van der Waals surface area (Å²) in [6.07, 6.45) is 2.56. The summed E-state index contributed by atoms with van der Waals surface area (Å²) in [5.74, 6) is 0.938. The molecule has 3 heteroatoms. The average molecular weight is 273 g/mol. The number of rotatable bonds is 7. The van der Waals surface area contributed by atoms with Crippen LogP contribution in [-0.4, -0.2) is 19.7 Å². The predicted octanol–water partition coefficient (Wildman–Crippen LogP) is 2.19. The Hall–Kier alpha value is -0.540. The minimum absolute atomic E-state index is 0.778. The van der Waals surface area contributed by atoms with Gasteiger partial charge in [0, 0.05) is 4.47 Å². The Morgan fingerprint density at radius 1 is 1.33 bits per heavy atom. The summed E-state index contributed by atoms with van der Waals surface area (Å²) in [7, 11) is 0. The van der Waals surface area contributed by atoms with Crippen molar-refractivity contribution in [3.63, 3.8) is 0 Å². The molecule has 0 radical (unpaired) electrons. The molecular weight excluding hydrogens is 254 g/mol. The van der Waals surface area contributed by atoms with Crippen LogP contribution in [0.4, 0.5) is 0 Å². The molecule has 1 aromatic rings. The van der Waals surface area contributed by atoms with Gasteiger partial charge in [-0.3, -0.25) is 0 Å². The van der Waals surface area contributed by atoms with Crippen molar-refractivity contribution < 1.29 is 10.1 Å². The van der Waals surface area contributed by atoms with E-state index >= 15 is 0 Å². The molecule has 1 rings (SSSR count). The molecule has 0 saturated heterocycles. The maximum atomic E-state index is 5.61. The molecule has 84 valence electrons. The number of ether oxygens (including phenoxy) is 1. The molecule has 0 heterocycles. The number of hydrogen-bond acceptors (Lipinski definition) is 1. The molecule has 0 atom stereocenters. The Kier molecular flexibility index (Phi) is 6.44. The first-order valence-electron chi connectivity index (χ1n) is 5.53.